The van der Waals surface area contributed by atoms with Gasteiger partial charge in [0.25, 0.3) is 5.91 Å². The van der Waals surface area contributed by atoms with Crippen LogP contribution in [0.25, 0.3) is 16.2 Å². The highest BCUT2D eigenvalue weighted by Gasteiger charge is 2.19. The van der Waals surface area contributed by atoms with Crippen molar-refractivity contribution in [2.24, 2.45) is 0 Å². The highest BCUT2D eigenvalue weighted by molar-refractivity contribution is 7.89. The third kappa shape index (κ3) is 3.77. The van der Waals surface area contributed by atoms with Crippen molar-refractivity contribution in [3.63, 3.8) is 0 Å². The Hall–Kier alpha value is -3.08. The fraction of sp³-hybridized carbons (Fsp3) is 0.105. The molecule has 0 saturated heterocycles. The molecule has 0 atom stereocenters. The van der Waals surface area contributed by atoms with E-state index in [9.17, 15) is 13.2 Å². The van der Waals surface area contributed by atoms with Crippen molar-refractivity contribution in [1.29, 1.82) is 0 Å². The lowest BCUT2D eigenvalue weighted by Gasteiger charge is -2.12. The van der Waals surface area contributed by atoms with Gasteiger partial charge in [-0.3, -0.25) is 10.1 Å². The maximum atomic E-state index is 12.6. The maximum absolute atomic E-state index is 12.6. The van der Waals surface area contributed by atoms with Gasteiger partial charge in [-0.15, -0.1) is 5.10 Å². The summed E-state index contributed by atoms with van der Waals surface area (Å²) in [5, 5.41) is 7.41. The van der Waals surface area contributed by atoms with Crippen molar-refractivity contribution in [2.45, 2.75) is 4.90 Å². The van der Waals surface area contributed by atoms with Crippen molar-refractivity contribution in [3.05, 3.63) is 66.4 Å². The SMILES string of the molecule is CN(C)S(=O)(=O)c1cccc(C(=O)Nc2nn3cc(-c4ccccc4)nc3s2)c1. The van der Waals surface area contributed by atoms with Crippen LogP contribution in [0.3, 0.4) is 0 Å². The molecule has 29 heavy (non-hydrogen) atoms. The Morgan fingerprint density at radius 2 is 1.86 bits per heavy atom. The van der Waals surface area contributed by atoms with E-state index in [1.807, 2.05) is 30.3 Å². The first kappa shape index (κ1) is 19.2. The van der Waals surface area contributed by atoms with Crippen LogP contribution in [0.4, 0.5) is 5.13 Å². The van der Waals surface area contributed by atoms with Crippen LogP contribution in [0.5, 0.6) is 0 Å². The molecule has 0 aliphatic heterocycles. The average molecular weight is 428 g/mol. The van der Waals surface area contributed by atoms with Crippen LogP contribution < -0.4 is 5.32 Å². The molecule has 2 aromatic carbocycles. The predicted molar refractivity (Wildman–Crippen MR) is 112 cm³/mol. The van der Waals surface area contributed by atoms with Crippen LogP contribution >= 0.6 is 11.3 Å². The van der Waals surface area contributed by atoms with Crippen LogP contribution in [0.2, 0.25) is 0 Å². The minimum Gasteiger partial charge on any atom is -0.296 e. The number of nitrogens with one attached hydrogen (secondary N) is 1. The van der Waals surface area contributed by atoms with Crippen molar-refractivity contribution in [1.82, 2.24) is 18.9 Å². The second-order valence-electron chi connectivity index (χ2n) is 6.40. The van der Waals surface area contributed by atoms with E-state index < -0.39 is 15.9 Å². The molecule has 0 unspecified atom stereocenters. The minimum atomic E-state index is -3.62. The van der Waals surface area contributed by atoms with Crippen LogP contribution in [-0.2, 0) is 10.0 Å². The van der Waals surface area contributed by atoms with E-state index >= 15 is 0 Å². The van der Waals surface area contributed by atoms with E-state index in [0.717, 1.165) is 15.6 Å². The van der Waals surface area contributed by atoms with Gasteiger partial charge in [-0.1, -0.05) is 47.7 Å². The van der Waals surface area contributed by atoms with Gasteiger partial charge in [0.05, 0.1) is 16.8 Å². The molecule has 0 fully saturated rings. The van der Waals surface area contributed by atoms with Crippen molar-refractivity contribution in [2.75, 3.05) is 19.4 Å². The molecule has 0 spiro atoms. The zero-order valence-electron chi connectivity index (χ0n) is 15.6. The number of sulfonamides is 1. The van der Waals surface area contributed by atoms with E-state index in [-0.39, 0.29) is 10.5 Å². The first-order valence-electron chi connectivity index (χ1n) is 8.60. The summed E-state index contributed by atoms with van der Waals surface area (Å²) in [6, 6.07) is 15.6. The van der Waals surface area contributed by atoms with Gasteiger partial charge >= 0.3 is 0 Å². The summed E-state index contributed by atoms with van der Waals surface area (Å²) in [4.78, 5) is 17.8. The first-order chi connectivity index (χ1) is 13.8. The number of rotatable bonds is 5. The van der Waals surface area contributed by atoms with E-state index in [2.05, 4.69) is 15.4 Å². The molecule has 2 heterocycles. The Morgan fingerprint density at radius 3 is 2.55 bits per heavy atom. The summed E-state index contributed by atoms with van der Waals surface area (Å²) in [6.45, 7) is 0. The van der Waals surface area contributed by atoms with Crippen molar-refractivity contribution < 1.29 is 13.2 Å². The highest BCUT2D eigenvalue weighted by Crippen LogP contribution is 2.25. The summed E-state index contributed by atoms with van der Waals surface area (Å²) in [5.74, 6) is -0.443. The molecule has 1 amide bonds. The molecule has 1 N–H and O–H groups in total. The Labute approximate surface area is 171 Å². The number of benzene rings is 2. The number of aromatic nitrogens is 3. The highest BCUT2D eigenvalue weighted by atomic mass is 32.2. The Bertz CT molecular complexity index is 1260. The zero-order chi connectivity index (χ0) is 20.6. The quantitative estimate of drug-likeness (QED) is 0.528. The normalized spacial score (nSPS) is 11.8. The summed E-state index contributed by atoms with van der Waals surface area (Å²) in [7, 11) is -0.739. The lowest BCUT2D eigenvalue weighted by atomic mass is 10.2. The Balaban J connectivity index is 1.56. The first-order valence-corrected chi connectivity index (χ1v) is 10.9. The monoisotopic (exact) mass is 427 g/mol. The number of carbonyl (C=O) groups is 1. The molecule has 0 aliphatic carbocycles. The third-order valence-corrected chi connectivity index (χ3v) is 6.86. The van der Waals surface area contributed by atoms with Crippen molar-refractivity contribution >= 4 is 37.4 Å². The van der Waals surface area contributed by atoms with E-state index in [1.54, 1.807) is 16.8 Å². The molecule has 0 radical (unpaired) electrons. The fourth-order valence-corrected chi connectivity index (χ4v) is 4.40. The van der Waals surface area contributed by atoms with E-state index in [4.69, 9.17) is 0 Å². The van der Waals surface area contributed by atoms with Gasteiger partial charge in [0.2, 0.25) is 20.1 Å². The molecule has 4 rings (SSSR count). The minimum absolute atomic E-state index is 0.0524. The molecule has 0 saturated carbocycles. The predicted octanol–water partition coefficient (Wildman–Crippen LogP) is 2.96. The van der Waals surface area contributed by atoms with Crippen LogP contribution in [0, 0.1) is 0 Å². The number of carbonyl (C=O) groups excluding carboxylic acids is 1. The van der Waals surface area contributed by atoms with E-state index in [1.165, 1.54) is 43.6 Å². The van der Waals surface area contributed by atoms with Gasteiger partial charge in [-0.2, -0.15) is 0 Å². The lowest BCUT2D eigenvalue weighted by Crippen LogP contribution is -2.22. The summed E-state index contributed by atoms with van der Waals surface area (Å²) in [6.07, 6.45) is 1.79. The summed E-state index contributed by atoms with van der Waals surface area (Å²) >= 11 is 1.23. The number of anilines is 1. The van der Waals surface area contributed by atoms with Gasteiger partial charge in [0.15, 0.2) is 0 Å². The molecular weight excluding hydrogens is 410 g/mol. The molecule has 0 bridgehead atoms. The number of nitrogens with zero attached hydrogens (tertiary/aromatic N) is 4. The standard InChI is InChI=1S/C19H17N5O3S2/c1-23(2)29(26,27)15-10-6-9-14(11-15)17(25)21-18-22-24-12-16(20-19(24)28-18)13-7-4-3-5-8-13/h3-12H,1-2H3,(H,21,22,25). The molecule has 148 valence electrons. The number of fused-ring (bicyclic) bond motifs is 1. The van der Waals surface area contributed by atoms with Crippen LogP contribution in [0.15, 0.2) is 65.7 Å². The topological polar surface area (TPSA) is 96.7 Å². The second kappa shape index (κ2) is 7.39. The summed E-state index contributed by atoms with van der Waals surface area (Å²) < 4.78 is 27.2. The van der Waals surface area contributed by atoms with Crippen LogP contribution in [-0.4, -0.2) is 47.3 Å². The molecule has 10 heteroatoms. The smallest absolute Gasteiger partial charge is 0.257 e. The Kier molecular flexibility index (Phi) is 4.91. The molecular formula is C19H17N5O3S2. The van der Waals surface area contributed by atoms with E-state index in [0.29, 0.717) is 10.1 Å². The summed E-state index contributed by atoms with van der Waals surface area (Å²) in [5.41, 5.74) is 2.00. The van der Waals surface area contributed by atoms with Crippen molar-refractivity contribution in [3.8, 4) is 11.3 Å². The maximum Gasteiger partial charge on any atom is 0.257 e. The van der Waals surface area contributed by atoms with Crippen LogP contribution in [0.1, 0.15) is 10.4 Å². The lowest BCUT2D eigenvalue weighted by molar-refractivity contribution is 0.102. The molecule has 8 nitrogen and oxygen atoms in total. The number of amides is 1. The fourth-order valence-electron chi connectivity index (χ4n) is 2.68. The largest absolute Gasteiger partial charge is 0.296 e. The zero-order valence-corrected chi connectivity index (χ0v) is 17.2. The average Bonchev–Trinajstić information content (AvgIpc) is 3.27. The molecule has 4 aromatic rings. The van der Waals surface area contributed by atoms with Gasteiger partial charge < -0.3 is 0 Å². The Morgan fingerprint density at radius 1 is 1.10 bits per heavy atom. The number of imidazole rings is 1. The number of hydrogen-bond donors (Lipinski definition) is 1. The van der Waals surface area contributed by atoms with Gasteiger partial charge in [0.1, 0.15) is 0 Å². The number of hydrogen-bond acceptors (Lipinski definition) is 6. The van der Waals surface area contributed by atoms with Gasteiger partial charge in [-0.25, -0.2) is 22.2 Å². The van der Waals surface area contributed by atoms with Gasteiger partial charge in [-0.05, 0) is 18.2 Å². The second-order valence-corrected chi connectivity index (χ2v) is 9.50. The third-order valence-electron chi connectivity index (χ3n) is 4.21. The van der Waals surface area contributed by atoms with Gasteiger partial charge in [0, 0.05) is 25.2 Å². The molecule has 2 aromatic heterocycles. The molecule has 0 aliphatic rings.